The average Bonchev–Trinajstić information content (AvgIpc) is 3.30. The molecule has 7 heteroatoms. The summed E-state index contributed by atoms with van der Waals surface area (Å²) in [5.41, 5.74) is 5.04. The lowest BCUT2D eigenvalue weighted by Crippen LogP contribution is -2.45. The van der Waals surface area contributed by atoms with Crippen LogP contribution in [0.15, 0.2) is 42.5 Å². The number of nitrogens with zero attached hydrogens (tertiary/aromatic N) is 6. The molecular weight excluding hydrogens is 424 g/mol. The number of fused-ring (bicyclic) bond motifs is 3. The van der Waals surface area contributed by atoms with Crippen molar-refractivity contribution in [2.24, 2.45) is 5.92 Å². The summed E-state index contributed by atoms with van der Waals surface area (Å²) in [6, 6.07) is 14.6. The third-order valence-electron chi connectivity index (χ3n) is 6.88. The minimum absolute atomic E-state index is 0.0295. The maximum absolute atomic E-state index is 13.2. The number of aromatic nitrogens is 4. The van der Waals surface area contributed by atoms with Gasteiger partial charge in [0.05, 0.1) is 11.4 Å². The number of rotatable bonds is 5. The molecule has 2 aromatic carbocycles. The maximum Gasteiger partial charge on any atom is 0.227 e. The molecule has 1 fully saturated rings. The summed E-state index contributed by atoms with van der Waals surface area (Å²) < 4.78 is 2.08. The Balaban J connectivity index is 1.67. The van der Waals surface area contributed by atoms with Gasteiger partial charge in [0.1, 0.15) is 0 Å². The molecule has 4 aromatic rings. The Morgan fingerprint density at radius 3 is 2.62 bits per heavy atom. The van der Waals surface area contributed by atoms with E-state index in [9.17, 15) is 4.79 Å². The third-order valence-corrected chi connectivity index (χ3v) is 6.88. The lowest BCUT2D eigenvalue weighted by Gasteiger charge is -2.35. The second-order valence-electron chi connectivity index (χ2n) is 9.28. The first-order valence-corrected chi connectivity index (χ1v) is 12.3. The number of carbonyl (C=O) groups is 1. The Kier molecular flexibility index (Phi) is 5.94. The SMILES string of the molecule is CCN(CC)C(=O)[C@H]1CCCN(c2nc3ccc(C)cc3c3nnc(-c4cccc(C)c4)n23)C1. The molecule has 34 heavy (non-hydrogen) atoms. The first-order valence-electron chi connectivity index (χ1n) is 12.3. The van der Waals surface area contributed by atoms with Gasteiger partial charge < -0.3 is 9.80 Å². The van der Waals surface area contributed by atoms with Crippen LogP contribution in [-0.4, -0.2) is 56.6 Å². The molecule has 2 aromatic heterocycles. The van der Waals surface area contributed by atoms with Gasteiger partial charge in [0.15, 0.2) is 11.5 Å². The molecule has 5 rings (SSSR count). The van der Waals surface area contributed by atoms with Crippen molar-refractivity contribution in [3.8, 4) is 11.4 Å². The van der Waals surface area contributed by atoms with Crippen LogP contribution < -0.4 is 4.90 Å². The summed E-state index contributed by atoms with van der Waals surface area (Å²) in [7, 11) is 0. The molecule has 1 aliphatic rings. The summed E-state index contributed by atoms with van der Waals surface area (Å²) >= 11 is 0. The third kappa shape index (κ3) is 3.89. The lowest BCUT2D eigenvalue weighted by atomic mass is 9.96. The Morgan fingerprint density at radius 1 is 1.06 bits per heavy atom. The second kappa shape index (κ2) is 9.05. The molecular formula is C27H32N6O. The van der Waals surface area contributed by atoms with E-state index in [0.717, 1.165) is 71.9 Å². The molecule has 1 amide bonds. The fourth-order valence-electron chi connectivity index (χ4n) is 5.07. The zero-order valence-corrected chi connectivity index (χ0v) is 20.5. The standard InChI is InChI=1S/C27H32N6O/c1-5-31(6-2)26(34)21-11-8-14-32(17-21)27-28-23-13-12-19(4)16-22(23)25-30-29-24(33(25)27)20-10-7-9-18(3)15-20/h7,9-10,12-13,15-16,21H,5-6,8,11,14,17H2,1-4H3/t21-/m0/s1. The number of benzene rings is 2. The van der Waals surface area contributed by atoms with E-state index in [4.69, 9.17) is 4.98 Å². The van der Waals surface area contributed by atoms with E-state index in [1.807, 2.05) is 24.8 Å². The quantitative estimate of drug-likeness (QED) is 0.437. The molecule has 0 aliphatic carbocycles. The van der Waals surface area contributed by atoms with Crippen LogP contribution in [0.5, 0.6) is 0 Å². The minimum atomic E-state index is -0.0295. The van der Waals surface area contributed by atoms with Gasteiger partial charge in [-0.3, -0.25) is 4.79 Å². The molecule has 1 aliphatic heterocycles. The number of aryl methyl sites for hydroxylation is 2. The zero-order valence-electron chi connectivity index (χ0n) is 20.5. The van der Waals surface area contributed by atoms with E-state index in [2.05, 4.69) is 69.7 Å². The first kappa shape index (κ1) is 22.3. The van der Waals surface area contributed by atoms with E-state index in [1.54, 1.807) is 0 Å². The van der Waals surface area contributed by atoms with Crippen molar-refractivity contribution in [2.75, 3.05) is 31.1 Å². The highest BCUT2D eigenvalue weighted by molar-refractivity contribution is 5.94. The van der Waals surface area contributed by atoms with Crippen LogP contribution in [0.25, 0.3) is 27.9 Å². The summed E-state index contributed by atoms with van der Waals surface area (Å²) in [5.74, 6) is 1.80. The summed E-state index contributed by atoms with van der Waals surface area (Å²) in [6.07, 6.45) is 1.86. The molecule has 0 saturated carbocycles. The fourth-order valence-corrected chi connectivity index (χ4v) is 5.07. The number of hydrogen-bond acceptors (Lipinski definition) is 5. The first-order chi connectivity index (χ1) is 16.5. The van der Waals surface area contributed by atoms with E-state index in [0.29, 0.717) is 6.54 Å². The summed E-state index contributed by atoms with van der Waals surface area (Å²) in [5, 5.41) is 10.2. The van der Waals surface area contributed by atoms with Crippen molar-refractivity contribution >= 4 is 28.4 Å². The van der Waals surface area contributed by atoms with Crippen molar-refractivity contribution in [3.63, 3.8) is 0 Å². The van der Waals surface area contributed by atoms with Gasteiger partial charge in [0, 0.05) is 37.1 Å². The van der Waals surface area contributed by atoms with Gasteiger partial charge in [0.2, 0.25) is 11.9 Å². The van der Waals surface area contributed by atoms with Crippen molar-refractivity contribution in [2.45, 2.75) is 40.5 Å². The molecule has 1 atom stereocenters. The monoisotopic (exact) mass is 456 g/mol. The van der Waals surface area contributed by atoms with Crippen LogP contribution in [0.1, 0.15) is 37.8 Å². The Morgan fingerprint density at radius 2 is 1.85 bits per heavy atom. The molecule has 0 bridgehead atoms. The highest BCUT2D eigenvalue weighted by Crippen LogP contribution is 2.31. The smallest absolute Gasteiger partial charge is 0.227 e. The molecule has 0 radical (unpaired) electrons. The number of amides is 1. The fraction of sp³-hybridized carbons (Fsp3) is 0.407. The Bertz CT molecular complexity index is 1360. The summed E-state index contributed by atoms with van der Waals surface area (Å²) in [4.78, 5) is 22.5. The number of anilines is 1. The van der Waals surface area contributed by atoms with Crippen LogP contribution in [0.4, 0.5) is 5.95 Å². The van der Waals surface area contributed by atoms with Crippen LogP contribution >= 0.6 is 0 Å². The highest BCUT2D eigenvalue weighted by Gasteiger charge is 2.31. The van der Waals surface area contributed by atoms with E-state index in [1.165, 1.54) is 5.56 Å². The van der Waals surface area contributed by atoms with Gasteiger partial charge in [-0.2, -0.15) is 0 Å². The van der Waals surface area contributed by atoms with Crippen molar-refractivity contribution < 1.29 is 4.79 Å². The largest absolute Gasteiger partial charge is 0.343 e. The van der Waals surface area contributed by atoms with Crippen LogP contribution in [-0.2, 0) is 4.79 Å². The Hall–Kier alpha value is -3.48. The van der Waals surface area contributed by atoms with Crippen molar-refractivity contribution in [1.82, 2.24) is 24.5 Å². The van der Waals surface area contributed by atoms with Gasteiger partial charge in [-0.1, -0.05) is 35.4 Å². The molecule has 176 valence electrons. The minimum Gasteiger partial charge on any atom is -0.343 e. The van der Waals surface area contributed by atoms with Gasteiger partial charge in [-0.25, -0.2) is 9.38 Å². The number of piperidine rings is 1. The van der Waals surface area contributed by atoms with E-state index < -0.39 is 0 Å². The van der Waals surface area contributed by atoms with Crippen molar-refractivity contribution in [1.29, 1.82) is 0 Å². The van der Waals surface area contributed by atoms with E-state index >= 15 is 0 Å². The van der Waals surface area contributed by atoms with Crippen LogP contribution in [0.2, 0.25) is 0 Å². The number of hydrogen-bond donors (Lipinski definition) is 0. The van der Waals surface area contributed by atoms with Gasteiger partial charge in [-0.05, 0) is 58.7 Å². The molecule has 1 saturated heterocycles. The molecule has 0 spiro atoms. The molecule has 7 nitrogen and oxygen atoms in total. The Labute approximate surface area is 200 Å². The second-order valence-corrected chi connectivity index (χ2v) is 9.28. The predicted molar refractivity (Wildman–Crippen MR) is 136 cm³/mol. The van der Waals surface area contributed by atoms with Gasteiger partial charge >= 0.3 is 0 Å². The highest BCUT2D eigenvalue weighted by atomic mass is 16.2. The summed E-state index contributed by atoms with van der Waals surface area (Å²) in [6.45, 7) is 11.2. The van der Waals surface area contributed by atoms with Crippen molar-refractivity contribution in [3.05, 3.63) is 53.6 Å². The normalized spacial score (nSPS) is 16.4. The molecule has 0 N–H and O–H groups in total. The zero-order chi connectivity index (χ0) is 23.8. The van der Waals surface area contributed by atoms with E-state index in [-0.39, 0.29) is 11.8 Å². The number of carbonyl (C=O) groups excluding carboxylic acids is 1. The topological polar surface area (TPSA) is 66.6 Å². The van der Waals surface area contributed by atoms with Crippen LogP contribution in [0.3, 0.4) is 0 Å². The van der Waals surface area contributed by atoms with Crippen LogP contribution in [0, 0.1) is 19.8 Å². The average molecular weight is 457 g/mol. The van der Waals surface area contributed by atoms with Gasteiger partial charge in [-0.15, -0.1) is 10.2 Å². The molecule has 0 unspecified atom stereocenters. The maximum atomic E-state index is 13.2. The molecule has 3 heterocycles. The lowest BCUT2D eigenvalue weighted by molar-refractivity contribution is -0.135. The predicted octanol–water partition coefficient (Wildman–Crippen LogP) is 4.65. The van der Waals surface area contributed by atoms with Gasteiger partial charge in [0.25, 0.3) is 0 Å².